The number of hydrogen-bond donors (Lipinski definition) is 2. The number of carboxylic acids is 1. The molecular formula is C23H28ClN3O5. The average Bonchev–Trinajstić information content (AvgIpc) is 3.29. The highest BCUT2D eigenvalue weighted by molar-refractivity contribution is 6.31. The fraction of sp³-hybridized carbons (Fsp3) is 0.522. The Kier molecular flexibility index (Phi) is 5.83. The number of benzene rings is 1. The van der Waals surface area contributed by atoms with E-state index in [1.54, 1.807) is 48.9 Å². The van der Waals surface area contributed by atoms with Crippen LogP contribution < -0.4 is 0 Å². The molecule has 4 rings (SSSR count). The highest BCUT2D eigenvalue weighted by Crippen LogP contribution is 2.36. The first-order valence-electron chi connectivity index (χ1n) is 10.8. The van der Waals surface area contributed by atoms with Gasteiger partial charge in [-0.3, -0.25) is 9.59 Å². The third-order valence-corrected chi connectivity index (χ3v) is 6.51. The summed E-state index contributed by atoms with van der Waals surface area (Å²) in [5, 5.41) is 11.4. The predicted molar refractivity (Wildman–Crippen MR) is 120 cm³/mol. The molecule has 0 bridgehead atoms. The van der Waals surface area contributed by atoms with E-state index in [9.17, 15) is 19.5 Å². The van der Waals surface area contributed by atoms with Crippen molar-refractivity contribution in [2.75, 3.05) is 26.2 Å². The molecule has 0 saturated carbocycles. The van der Waals surface area contributed by atoms with E-state index in [0.29, 0.717) is 24.7 Å². The molecule has 8 nitrogen and oxygen atoms in total. The van der Waals surface area contributed by atoms with Crippen molar-refractivity contribution in [3.05, 3.63) is 35.0 Å². The van der Waals surface area contributed by atoms with Gasteiger partial charge in [0, 0.05) is 48.3 Å². The maximum Gasteiger partial charge on any atom is 0.410 e. The Labute approximate surface area is 191 Å². The minimum atomic E-state index is -0.940. The van der Waals surface area contributed by atoms with Gasteiger partial charge in [0.2, 0.25) is 5.91 Å². The quantitative estimate of drug-likeness (QED) is 0.729. The highest BCUT2D eigenvalue weighted by Gasteiger charge is 2.48. The molecule has 0 spiro atoms. The lowest BCUT2D eigenvalue weighted by Gasteiger charge is -2.38. The molecule has 2 fully saturated rings. The first-order chi connectivity index (χ1) is 15.0. The summed E-state index contributed by atoms with van der Waals surface area (Å²) < 4.78 is 5.46. The Morgan fingerprint density at radius 1 is 1.16 bits per heavy atom. The van der Waals surface area contributed by atoms with Gasteiger partial charge in [0.05, 0.1) is 12.3 Å². The normalized spacial score (nSPS) is 23.3. The van der Waals surface area contributed by atoms with Crippen molar-refractivity contribution in [1.29, 1.82) is 0 Å². The van der Waals surface area contributed by atoms with Gasteiger partial charge in [-0.15, -0.1) is 0 Å². The van der Waals surface area contributed by atoms with Crippen LogP contribution in [0.3, 0.4) is 0 Å². The predicted octanol–water partition coefficient (Wildman–Crippen LogP) is 3.39. The number of hydrogen-bond acceptors (Lipinski definition) is 4. The number of nitrogens with one attached hydrogen (secondary N) is 1. The molecule has 2 aliphatic heterocycles. The average molecular weight is 462 g/mol. The second kappa shape index (κ2) is 8.31. The van der Waals surface area contributed by atoms with Crippen molar-refractivity contribution in [3.8, 4) is 0 Å². The van der Waals surface area contributed by atoms with Crippen molar-refractivity contribution >= 4 is 40.5 Å². The fourth-order valence-corrected chi connectivity index (χ4v) is 4.97. The smallest absolute Gasteiger partial charge is 0.410 e. The van der Waals surface area contributed by atoms with E-state index in [1.807, 2.05) is 6.07 Å². The summed E-state index contributed by atoms with van der Waals surface area (Å²) in [6.45, 7) is 6.69. The molecular weight excluding hydrogens is 434 g/mol. The summed E-state index contributed by atoms with van der Waals surface area (Å²) >= 11 is 6.03. The molecule has 3 unspecified atom stereocenters. The topological polar surface area (TPSA) is 103 Å². The van der Waals surface area contributed by atoms with E-state index in [2.05, 4.69) is 4.98 Å². The van der Waals surface area contributed by atoms with Crippen LogP contribution in [0.4, 0.5) is 4.79 Å². The van der Waals surface area contributed by atoms with Gasteiger partial charge in [-0.05, 0) is 50.3 Å². The lowest BCUT2D eigenvalue weighted by atomic mass is 9.79. The number of rotatable bonds is 3. The van der Waals surface area contributed by atoms with E-state index in [4.69, 9.17) is 16.3 Å². The van der Waals surface area contributed by atoms with Crippen LogP contribution in [-0.2, 0) is 20.7 Å². The van der Waals surface area contributed by atoms with Crippen molar-refractivity contribution in [1.82, 2.24) is 14.8 Å². The Hall–Kier alpha value is -2.74. The first kappa shape index (κ1) is 22.5. The molecule has 2 amide bonds. The van der Waals surface area contributed by atoms with Crippen LogP contribution >= 0.6 is 11.6 Å². The number of carboxylic acid groups (broad SMARTS) is 1. The lowest BCUT2D eigenvalue weighted by Crippen LogP contribution is -2.51. The molecule has 0 radical (unpaired) electrons. The number of nitrogens with zero attached hydrogens (tertiary/aromatic N) is 2. The summed E-state index contributed by atoms with van der Waals surface area (Å²) in [4.78, 5) is 44.0. The van der Waals surface area contributed by atoms with Crippen LogP contribution in [0.25, 0.3) is 10.9 Å². The van der Waals surface area contributed by atoms with Gasteiger partial charge in [-0.25, -0.2) is 4.79 Å². The molecule has 2 aliphatic rings. The monoisotopic (exact) mass is 461 g/mol. The number of piperidine rings is 1. The zero-order valence-corrected chi connectivity index (χ0v) is 19.2. The molecule has 0 aliphatic carbocycles. The van der Waals surface area contributed by atoms with E-state index < -0.39 is 23.6 Å². The summed E-state index contributed by atoms with van der Waals surface area (Å²) in [5.41, 5.74) is 1.08. The van der Waals surface area contributed by atoms with Gasteiger partial charge in [-0.1, -0.05) is 17.7 Å². The van der Waals surface area contributed by atoms with Gasteiger partial charge in [-0.2, -0.15) is 0 Å². The summed E-state index contributed by atoms with van der Waals surface area (Å²) in [7, 11) is 0. The van der Waals surface area contributed by atoms with Crippen molar-refractivity contribution in [2.45, 2.75) is 32.8 Å². The van der Waals surface area contributed by atoms with E-state index in [1.165, 1.54) is 0 Å². The number of aliphatic carboxylic acids is 1. The van der Waals surface area contributed by atoms with Crippen LogP contribution in [0, 0.1) is 17.8 Å². The molecule has 3 atom stereocenters. The van der Waals surface area contributed by atoms with E-state index >= 15 is 0 Å². The first-order valence-corrected chi connectivity index (χ1v) is 11.1. The molecule has 9 heteroatoms. The third-order valence-electron chi connectivity index (χ3n) is 6.27. The van der Waals surface area contributed by atoms with E-state index in [-0.39, 0.29) is 30.7 Å². The number of aromatic amines is 1. The number of likely N-dealkylation sites (tertiary alicyclic amines) is 2. The molecule has 2 saturated heterocycles. The largest absolute Gasteiger partial charge is 0.481 e. The number of carbonyl (C=O) groups excluding carboxylic acids is 2. The van der Waals surface area contributed by atoms with Crippen LogP contribution in [-0.4, -0.2) is 69.6 Å². The Bertz CT molecular complexity index is 1060. The molecule has 3 heterocycles. The van der Waals surface area contributed by atoms with Gasteiger partial charge in [0.1, 0.15) is 5.60 Å². The Balaban J connectivity index is 1.48. The number of amides is 2. The number of aromatic nitrogens is 1. The molecule has 32 heavy (non-hydrogen) atoms. The van der Waals surface area contributed by atoms with E-state index in [0.717, 1.165) is 16.5 Å². The second-order valence-electron chi connectivity index (χ2n) is 9.73. The Morgan fingerprint density at radius 3 is 2.56 bits per heavy atom. The zero-order valence-electron chi connectivity index (χ0n) is 18.4. The maximum absolute atomic E-state index is 13.1. The molecule has 1 aromatic heterocycles. The third kappa shape index (κ3) is 4.55. The van der Waals surface area contributed by atoms with Crippen LogP contribution in [0.2, 0.25) is 5.02 Å². The summed E-state index contributed by atoms with van der Waals surface area (Å²) in [6, 6.07) is 5.46. The lowest BCUT2D eigenvalue weighted by molar-refractivity contribution is -0.149. The minimum absolute atomic E-state index is 0.0944. The van der Waals surface area contributed by atoms with Gasteiger partial charge >= 0.3 is 12.1 Å². The molecule has 2 N–H and O–H groups in total. The number of fused-ring (bicyclic) bond motifs is 2. The van der Waals surface area contributed by atoms with Crippen molar-refractivity contribution in [3.63, 3.8) is 0 Å². The highest BCUT2D eigenvalue weighted by atomic mass is 35.5. The van der Waals surface area contributed by atoms with Gasteiger partial charge in [0.15, 0.2) is 0 Å². The maximum atomic E-state index is 13.1. The van der Waals surface area contributed by atoms with Crippen molar-refractivity contribution < 1.29 is 24.2 Å². The van der Waals surface area contributed by atoms with Crippen LogP contribution in [0.15, 0.2) is 24.4 Å². The SMILES string of the molecule is CC(C)(C)OC(=O)N1CC2CN(C(=O)Cc3c[nH]c4cc(Cl)ccc34)CC(C(=O)O)C2C1. The molecule has 172 valence electrons. The number of ether oxygens (including phenoxy) is 1. The number of carbonyl (C=O) groups is 3. The second-order valence-corrected chi connectivity index (χ2v) is 10.2. The Morgan fingerprint density at radius 2 is 1.88 bits per heavy atom. The van der Waals surface area contributed by atoms with Gasteiger partial charge < -0.3 is 24.6 Å². The van der Waals surface area contributed by atoms with Crippen LogP contribution in [0.1, 0.15) is 26.3 Å². The summed E-state index contributed by atoms with van der Waals surface area (Å²) in [5.74, 6) is -2.07. The standard InChI is InChI=1S/C23H28ClN3O5/c1-23(2,3)32-22(31)27-10-14-9-26(12-18(21(29)30)17(14)11-27)20(28)6-13-8-25-19-7-15(24)4-5-16(13)19/h4-5,7-8,14,17-18,25H,6,9-12H2,1-3H3,(H,29,30). The van der Waals surface area contributed by atoms with Gasteiger partial charge in [0.25, 0.3) is 0 Å². The summed E-state index contributed by atoms with van der Waals surface area (Å²) in [6.07, 6.45) is 1.52. The van der Waals surface area contributed by atoms with Crippen LogP contribution in [0.5, 0.6) is 0 Å². The minimum Gasteiger partial charge on any atom is -0.481 e. The van der Waals surface area contributed by atoms with Crippen molar-refractivity contribution in [2.24, 2.45) is 17.8 Å². The fourth-order valence-electron chi connectivity index (χ4n) is 4.80. The number of H-pyrrole nitrogens is 1. The molecule has 1 aromatic carbocycles. The zero-order chi connectivity index (χ0) is 23.2. The number of halogens is 1. The molecule has 2 aromatic rings.